The molecule has 30 heavy (non-hydrogen) atoms. The average molecular weight is 390 g/mol. The molecule has 142 valence electrons. The van der Waals surface area contributed by atoms with Crippen LogP contribution in [0.4, 0.5) is 0 Å². The van der Waals surface area contributed by atoms with Gasteiger partial charge in [0.2, 0.25) is 0 Å². The van der Waals surface area contributed by atoms with Crippen molar-refractivity contribution >= 4 is 21.7 Å². The number of rotatable bonds is 2. The summed E-state index contributed by atoms with van der Waals surface area (Å²) >= 11 is 0. The van der Waals surface area contributed by atoms with Crippen molar-refractivity contribution < 1.29 is 4.42 Å². The van der Waals surface area contributed by atoms with E-state index in [1.807, 2.05) is 66.7 Å². The fourth-order valence-corrected chi connectivity index (χ4v) is 3.72. The molecule has 0 aliphatic rings. The molecule has 1 N–H and O–H groups in total. The molecule has 0 saturated heterocycles. The van der Waals surface area contributed by atoms with Crippen LogP contribution < -0.4 is 11.2 Å². The van der Waals surface area contributed by atoms with Crippen molar-refractivity contribution in [2.75, 3.05) is 0 Å². The minimum atomic E-state index is -0.558. The number of H-pyrrole nitrogens is 1. The number of nitrogens with zero attached hydrogens (tertiary/aromatic N) is 1. The van der Waals surface area contributed by atoms with E-state index in [0.717, 1.165) is 21.7 Å². The van der Waals surface area contributed by atoms with Crippen LogP contribution >= 0.6 is 0 Å². The minimum Gasteiger partial charge on any atom is -0.422 e. The highest BCUT2D eigenvalue weighted by Gasteiger charge is 2.16. The monoisotopic (exact) mass is 390 g/mol. The van der Waals surface area contributed by atoms with E-state index in [4.69, 9.17) is 4.42 Å². The first-order chi connectivity index (χ1) is 14.7. The van der Waals surface area contributed by atoms with E-state index in [-0.39, 0.29) is 11.1 Å². The number of fused-ring (bicyclic) bond motifs is 3. The predicted octanol–water partition coefficient (Wildman–Crippen LogP) is 4.84. The van der Waals surface area contributed by atoms with Gasteiger partial charge in [0, 0.05) is 10.9 Å². The van der Waals surface area contributed by atoms with Gasteiger partial charge in [-0.15, -0.1) is 0 Å². The Labute approximate surface area is 170 Å². The van der Waals surface area contributed by atoms with Gasteiger partial charge in [-0.1, -0.05) is 60.7 Å². The van der Waals surface area contributed by atoms with E-state index >= 15 is 0 Å². The van der Waals surface area contributed by atoms with Gasteiger partial charge in [0.1, 0.15) is 17.2 Å². The molecule has 0 fully saturated rings. The minimum absolute atomic E-state index is 0.000534. The Balaban J connectivity index is 1.82. The van der Waals surface area contributed by atoms with Crippen molar-refractivity contribution in [3.8, 4) is 28.5 Å². The zero-order valence-electron chi connectivity index (χ0n) is 15.7. The van der Waals surface area contributed by atoms with Crippen LogP contribution in [0.3, 0.4) is 0 Å². The number of aromatic nitrogens is 1. The van der Waals surface area contributed by atoms with Gasteiger partial charge in [-0.3, -0.25) is 4.79 Å². The number of hydrogen-bond acceptors (Lipinski definition) is 4. The summed E-state index contributed by atoms with van der Waals surface area (Å²) in [6, 6.07) is 26.0. The predicted molar refractivity (Wildman–Crippen MR) is 116 cm³/mol. The molecule has 0 bridgehead atoms. The molecular weight excluding hydrogens is 376 g/mol. The smallest absolute Gasteiger partial charge is 0.345 e. The summed E-state index contributed by atoms with van der Waals surface area (Å²) in [5.41, 5.74) is 1.09. The van der Waals surface area contributed by atoms with Gasteiger partial charge in [0.05, 0.1) is 11.3 Å². The van der Waals surface area contributed by atoms with Crippen molar-refractivity contribution in [3.05, 3.63) is 105 Å². The highest BCUT2D eigenvalue weighted by atomic mass is 16.4. The quantitative estimate of drug-likeness (QED) is 0.345. The average Bonchev–Trinajstić information content (AvgIpc) is 2.78. The van der Waals surface area contributed by atoms with Crippen LogP contribution in [0.2, 0.25) is 0 Å². The summed E-state index contributed by atoms with van der Waals surface area (Å²) in [5, 5.41) is 12.2. The molecule has 0 unspecified atom stereocenters. The molecule has 5 heteroatoms. The Bertz CT molecular complexity index is 1590. The maximum Gasteiger partial charge on any atom is 0.345 e. The maximum atomic E-state index is 12.7. The lowest BCUT2D eigenvalue weighted by Gasteiger charge is -2.09. The summed E-state index contributed by atoms with van der Waals surface area (Å²) in [5.74, 6) is 0. The molecular formula is C25H14N2O3. The Hall–Kier alpha value is -4.43. The maximum absolute atomic E-state index is 12.7. The van der Waals surface area contributed by atoms with Crippen LogP contribution in [0.15, 0.2) is 92.9 Å². The standard InChI is InChI=1S/C25H14N2O3/c26-14-21-18(15-6-2-1-3-7-15)13-22(27-24(21)28)20-12-19-17-9-5-4-8-16(17)10-11-23(19)30-25(20)29/h1-13H,(H,27,28). The topological polar surface area (TPSA) is 86.9 Å². The molecule has 0 spiro atoms. The van der Waals surface area contributed by atoms with E-state index < -0.39 is 11.2 Å². The van der Waals surface area contributed by atoms with Crippen molar-refractivity contribution in [1.82, 2.24) is 4.98 Å². The number of nitrogens with one attached hydrogen (secondary N) is 1. The van der Waals surface area contributed by atoms with Gasteiger partial charge in [-0.25, -0.2) is 4.79 Å². The lowest BCUT2D eigenvalue weighted by Crippen LogP contribution is -2.15. The zero-order chi connectivity index (χ0) is 20.7. The summed E-state index contributed by atoms with van der Waals surface area (Å²) < 4.78 is 5.55. The van der Waals surface area contributed by atoms with E-state index in [1.165, 1.54) is 0 Å². The molecule has 0 amide bonds. The summed E-state index contributed by atoms with van der Waals surface area (Å²) in [4.78, 5) is 28.0. The fourth-order valence-electron chi connectivity index (χ4n) is 3.72. The lowest BCUT2D eigenvalue weighted by molar-refractivity contribution is 0.563. The molecule has 3 aromatic carbocycles. The highest BCUT2D eigenvalue weighted by Crippen LogP contribution is 2.29. The molecule has 2 heterocycles. The van der Waals surface area contributed by atoms with Crippen LogP contribution in [0.1, 0.15) is 5.56 Å². The Kier molecular flexibility index (Phi) is 4.04. The number of benzene rings is 3. The molecule has 5 aromatic rings. The molecule has 0 aliphatic carbocycles. The molecule has 0 aliphatic heterocycles. The van der Waals surface area contributed by atoms with Crippen molar-refractivity contribution in [3.63, 3.8) is 0 Å². The van der Waals surface area contributed by atoms with Crippen LogP contribution in [-0.4, -0.2) is 4.98 Å². The number of nitriles is 1. The van der Waals surface area contributed by atoms with Crippen LogP contribution in [0, 0.1) is 11.3 Å². The number of pyridine rings is 1. The van der Waals surface area contributed by atoms with E-state index in [0.29, 0.717) is 16.8 Å². The molecule has 0 saturated carbocycles. The molecule has 0 radical (unpaired) electrons. The fraction of sp³-hybridized carbons (Fsp3) is 0. The molecule has 2 aromatic heterocycles. The second-order valence-corrected chi connectivity index (χ2v) is 6.92. The third-order valence-corrected chi connectivity index (χ3v) is 5.16. The Morgan fingerprint density at radius 3 is 2.37 bits per heavy atom. The number of aromatic amines is 1. The Morgan fingerprint density at radius 2 is 1.57 bits per heavy atom. The van der Waals surface area contributed by atoms with Crippen LogP contribution in [0.25, 0.3) is 44.1 Å². The summed E-state index contributed by atoms with van der Waals surface area (Å²) in [6.45, 7) is 0. The van der Waals surface area contributed by atoms with Crippen molar-refractivity contribution in [2.24, 2.45) is 0 Å². The highest BCUT2D eigenvalue weighted by molar-refractivity contribution is 6.06. The van der Waals surface area contributed by atoms with Gasteiger partial charge in [-0.05, 0) is 34.5 Å². The normalized spacial score (nSPS) is 10.9. The molecule has 0 atom stereocenters. The third-order valence-electron chi connectivity index (χ3n) is 5.16. The molecule has 5 nitrogen and oxygen atoms in total. The van der Waals surface area contributed by atoms with E-state index in [2.05, 4.69) is 4.98 Å². The van der Waals surface area contributed by atoms with Gasteiger partial charge in [0.25, 0.3) is 5.56 Å². The lowest BCUT2D eigenvalue weighted by atomic mass is 9.98. The van der Waals surface area contributed by atoms with Crippen molar-refractivity contribution in [2.45, 2.75) is 0 Å². The summed E-state index contributed by atoms with van der Waals surface area (Å²) in [7, 11) is 0. The SMILES string of the molecule is N#Cc1c(-c2ccccc2)cc(-c2cc3c(ccc4ccccc43)oc2=O)[nH]c1=O. The van der Waals surface area contributed by atoms with Gasteiger partial charge >= 0.3 is 5.63 Å². The number of hydrogen-bond donors (Lipinski definition) is 1. The van der Waals surface area contributed by atoms with Crippen LogP contribution in [0.5, 0.6) is 0 Å². The second-order valence-electron chi connectivity index (χ2n) is 6.92. The summed E-state index contributed by atoms with van der Waals surface area (Å²) in [6.07, 6.45) is 0. The zero-order valence-corrected chi connectivity index (χ0v) is 15.7. The van der Waals surface area contributed by atoms with Gasteiger partial charge in [-0.2, -0.15) is 5.26 Å². The third kappa shape index (κ3) is 2.79. The first-order valence-corrected chi connectivity index (χ1v) is 9.34. The Morgan fingerprint density at radius 1 is 0.800 bits per heavy atom. The van der Waals surface area contributed by atoms with Gasteiger partial charge < -0.3 is 9.40 Å². The largest absolute Gasteiger partial charge is 0.422 e. The second kappa shape index (κ2) is 6.87. The first-order valence-electron chi connectivity index (χ1n) is 9.34. The molecule has 5 rings (SSSR count). The van der Waals surface area contributed by atoms with E-state index in [9.17, 15) is 14.9 Å². The van der Waals surface area contributed by atoms with Gasteiger partial charge in [0.15, 0.2) is 0 Å². The van der Waals surface area contributed by atoms with Crippen molar-refractivity contribution in [1.29, 1.82) is 5.26 Å². The van der Waals surface area contributed by atoms with E-state index in [1.54, 1.807) is 18.2 Å². The first kappa shape index (κ1) is 17.7. The van der Waals surface area contributed by atoms with Crippen LogP contribution in [-0.2, 0) is 0 Å².